The van der Waals surface area contributed by atoms with Gasteiger partial charge in [0.05, 0.1) is 16.6 Å². The Hall–Kier alpha value is -7.99. The lowest BCUT2D eigenvalue weighted by atomic mass is 9.67. The molecule has 0 saturated heterocycles. The van der Waals surface area contributed by atoms with E-state index in [9.17, 15) is 0 Å². The zero-order valence-electron chi connectivity index (χ0n) is 34.5. The minimum Gasteiger partial charge on any atom is -0.247 e. The highest BCUT2D eigenvalue weighted by Crippen LogP contribution is 2.63. The van der Waals surface area contributed by atoms with Crippen LogP contribution in [-0.4, -0.2) is 19.9 Å². The van der Waals surface area contributed by atoms with Crippen LogP contribution >= 0.6 is 11.8 Å². The summed E-state index contributed by atoms with van der Waals surface area (Å²) in [5, 5.41) is 3.41. The average molecular weight is 833 g/mol. The first-order valence-electron chi connectivity index (χ1n) is 21.6. The van der Waals surface area contributed by atoms with Gasteiger partial charge in [0.1, 0.15) is 0 Å². The van der Waals surface area contributed by atoms with Crippen LogP contribution < -0.4 is 0 Å². The van der Waals surface area contributed by atoms with Crippen LogP contribution in [0.4, 0.5) is 0 Å². The quantitative estimate of drug-likeness (QED) is 0.162. The van der Waals surface area contributed by atoms with E-state index in [1.807, 2.05) is 36.0 Å². The molecule has 0 amide bonds. The van der Waals surface area contributed by atoms with Gasteiger partial charge in [-0.3, -0.25) is 0 Å². The fourth-order valence-electron chi connectivity index (χ4n) is 10.1. The molecule has 11 aromatic rings. The van der Waals surface area contributed by atoms with Crippen molar-refractivity contribution in [3.8, 4) is 67.7 Å². The van der Waals surface area contributed by atoms with Crippen LogP contribution in [0.3, 0.4) is 0 Å². The first-order valence-corrected chi connectivity index (χ1v) is 22.4. The largest absolute Gasteiger partial charge is 0.247 e. The fourth-order valence-corrected chi connectivity index (χ4v) is 11.3. The third-order valence-electron chi connectivity index (χ3n) is 13.0. The maximum atomic E-state index is 5.48. The van der Waals surface area contributed by atoms with Gasteiger partial charge in [0.15, 0.2) is 17.5 Å². The number of hydrogen-bond donors (Lipinski definition) is 0. The van der Waals surface area contributed by atoms with Crippen molar-refractivity contribution in [2.75, 3.05) is 0 Å². The Bertz CT molecular complexity index is 3610. The molecule has 0 bridgehead atoms. The van der Waals surface area contributed by atoms with Gasteiger partial charge >= 0.3 is 0 Å². The maximum absolute atomic E-state index is 5.48. The molecule has 0 saturated carbocycles. The summed E-state index contributed by atoms with van der Waals surface area (Å²) in [6.07, 6.45) is 0. The van der Waals surface area contributed by atoms with Crippen molar-refractivity contribution >= 4 is 33.4 Å². The molecular formula is C59H36N4S. The number of nitrogens with zero attached hydrogens (tertiary/aromatic N) is 4. The summed E-state index contributed by atoms with van der Waals surface area (Å²) < 4.78 is 0. The Morgan fingerprint density at radius 1 is 0.297 bits per heavy atom. The Kier molecular flexibility index (Phi) is 8.33. The molecule has 5 heteroatoms. The minimum absolute atomic E-state index is 0.476. The van der Waals surface area contributed by atoms with Crippen LogP contribution in [0.2, 0.25) is 0 Å². The summed E-state index contributed by atoms with van der Waals surface area (Å²) >= 11 is 1.87. The van der Waals surface area contributed by atoms with E-state index in [4.69, 9.17) is 19.9 Å². The number of benzene rings is 9. The van der Waals surface area contributed by atoms with Gasteiger partial charge in [-0.25, -0.2) is 19.9 Å². The lowest BCUT2D eigenvalue weighted by Crippen LogP contribution is -2.31. The van der Waals surface area contributed by atoms with Crippen LogP contribution in [-0.2, 0) is 5.41 Å². The molecule has 4 nitrogen and oxygen atoms in total. The number of rotatable bonds is 5. The van der Waals surface area contributed by atoms with Crippen molar-refractivity contribution in [3.63, 3.8) is 0 Å². The Morgan fingerprint density at radius 3 is 1.52 bits per heavy atom. The van der Waals surface area contributed by atoms with Crippen molar-refractivity contribution in [2.24, 2.45) is 0 Å². The molecular weight excluding hydrogens is 797 g/mol. The van der Waals surface area contributed by atoms with E-state index in [0.717, 1.165) is 55.4 Å². The van der Waals surface area contributed by atoms with Crippen LogP contribution in [0.25, 0.3) is 89.4 Å². The highest BCUT2D eigenvalue weighted by Gasteiger charge is 2.50. The SMILES string of the molecule is c1ccc(-c2cccc(-c3nc(-c4ccccc4)nc(-c4cccc(-c5nc6ccccc6c6cc7c(cc56)-c5ccccc5C75c6ccccc6Sc6ccccc65)c4)n3)c2)cc1. The van der Waals surface area contributed by atoms with Crippen LogP contribution in [0.1, 0.15) is 22.3 Å². The second-order valence-corrected chi connectivity index (χ2v) is 17.6. The Balaban J connectivity index is 1.03. The average Bonchev–Trinajstić information content (AvgIpc) is 3.65. The zero-order chi connectivity index (χ0) is 42.2. The summed E-state index contributed by atoms with van der Waals surface area (Å²) in [6, 6.07) is 78.0. The standard InChI is InChI=1S/C59H36N4S/c1-3-17-37(18-4-1)39-21-15-23-41(33-39)57-61-56(38-19-5-2-6-20-38)62-58(63-57)42-24-16-22-40(34-42)55-47-35-46-43-25-7-9-27-48(43)59(51(46)36-45(47)44-26-8-12-30-52(44)60-55)49-28-10-13-31-53(49)64-54-32-14-11-29-50(54)59/h1-36H. The van der Waals surface area contributed by atoms with Crippen molar-refractivity contribution in [1.82, 2.24) is 19.9 Å². The number of hydrogen-bond acceptors (Lipinski definition) is 5. The molecule has 1 spiro atoms. The van der Waals surface area contributed by atoms with Gasteiger partial charge in [0.2, 0.25) is 0 Å². The third-order valence-corrected chi connectivity index (χ3v) is 14.1. The predicted molar refractivity (Wildman–Crippen MR) is 261 cm³/mol. The summed E-state index contributed by atoms with van der Waals surface area (Å²) in [5.74, 6) is 1.84. The second kappa shape index (κ2) is 14.6. The highest BCUT2D eigenvalue weighted by molar-refractivity contribution is 7.99. The molecule has 0 N–H and O–H groups in total. The molecule has 9 aromatic carbocycles. The molecule has 64 heavy (non-hydrogen) atoms. The molecule has 298 valence electrons. The summed E-state index contributed by atoms with van der Waals surface area (Å²) in [6.45, 7) is 0. The van der Waals surface area contributed by atoms with Crippen molar-refractivity contribution in [3.05, 3.63) is 241 Å². The van der Waals surface area contributed by atoms with E-state index in [-0.39, 0.29) is 0 Å². The smallest absolute Gasteiger partial charge is 0.164 e. The number of aromatic nitrogens is 4. The molecule has 0 atom stereocenters. The van der Waals surface area contributed by atoms with Crippen molar-refractivity contribution in [1.29, 1.82) is 0 Å². The maximum Gasteiger partial charge on any atom is 0.164 e. The lowest BCUT2D eigenvalue weighted by molar-refractivity contribution is 0.723. The first kappa shape index (κ1) is 36.6. The van der Waals surface area contributed by atoms with Gasteiger partial charge in [-0.2, -0.15) is 0 Å². The van der Waals surface area contributed by atoms with Gasteiger partial charge < -0.3 is 0 Å². The minimum atomic E-state index is -0.476. The monoisotopic (exact) mass is 832 g/mol. The van der Waals surface area contributed by atoms with Crippen LogP contribution in [0.15, 0.2) is 228 Å². The number of pyridine rings is 1. The summed E-state index contributed by atoms with van der Waals surface area (Å²) in [7, 11) is 0. The highest BCUT2D eigenvalue weighted by atomic mass is 32.2. The molecule has 2 aromatic heterocycles. The molecule has 0 fully saturated rings. The molecule has 0 unspecified atom stereocenters. The van der Waals surface area contributed by atoms with E-state index in [1.54, 1.807) is 0 Å². The van der Waals surface area contributed by atoms with Crippen molar-refractivity contribution < 1.29 is 0 Å². The van der Waals surface area contributed by atoms with E-state index in [1.165, 1.54) is 48.6 Å². The number of para-hydroxylation sites is 1. The van der Waals surface area contributed by atoms with E-state index in [0.29, 0.717) is 17.5 Å². The topological polar surface area (TPSA) is 51.6 Å². The van der Waals surface area contributed by atoms with E-state index >= 15 is 0 Å². The first-order chi connectivity index (χ1) is 31.7. The summed E-state index contributed by atoms with van der Waals surface area (Å²) in [4.78, 5) is 23.5. The lowest BCUT2D eigenvalue weighted by Gasteiger charge is -2.39. The van der Waals surface area contributed by atoms with Gasteiger partial charge in [0, 0.05) is 42.8 Å². The van der Waals surface area contributed by atoms with Gasteiger partial charge in [0.25, 0.3) is 0 Å². The Labute approximate surface area is 375 Å². The van der Waals surface area contributed by atoms with E-state index < -0.39 is 5.41 Å². The fraction of sp³-hybridized carbons (Fsp3) is 0.0169. The van der Waals surface area contributed by atoms with Crippen molar-refractivity contribution in [2.45, 2.75) is 15.2 Å². The zero-order valence-corrected chi connectivity index (χ0v) is 35.3. The van der Waals surface area contributed by atoms with Crippen LogP contribution in [0, 0.1) is 0 Å². The third kappa shape index (κ3) is 5.64. The van der Waals surface area contributed by atoms with E-state index in [2.05, 4.69) is 194 Å². The molecule has 13 rings (SSSR count). The van der Waals surface area contributed by atoms with Crippen LogP contribution in [0.5, 0.6) is 0 Å². The molecule has 0 radical (unpaired) electrons. The predicted octanol–water partition coefficient (Wildman–Crippen LogP) is 14.7. The normalized spacial score (nSPS) is 13.1. The molecule has 3 heterocycles. The number of fused-ring (bicyclic) bond motifs is 12. The molecule has 2 aliphatic rings. The van der Waals surface area contributed by atoms with Gasteiger partial charge in [-0.15, -0.1) is 0 Å². The summed E-state index contributed by atoms with van der Waals surface area (Å²) in [5.41, 5.74) is 15.1. The molecule has 1 aliphatic heterocycles. The van der Waals surface area contributed by atoms with Gasteiger partial charge in [-0.05, 0) is 92.4 Å². The Morgan fingerprint density at radius 2 is 0.812 bits per heavy atom. The van der Waals surface area contributed by atoms with Gasteiger partial charge in [-0.1, -0.05) is 188 Å². The second-order valence-electron chi connectivity index (χ2n) is 16.5. The molecule has 1 aliphatic carbocycles.